The number of thiophene rings is 1. The van der Waals surface area contributed by atoms with Gasteiger partial charge in [-0.15, -0.1) is 21.5 Å². The van der Waals surface area contributed by atoms with Crippen molar-refractivity contribution in [3.05, 3.63) is 33.5 Å². The Bertz CT molecular complexity index is 559. The van der Waals surface area contributed by atoms with Gasteiger partial charge in [-0.3, -0.25) is 0 Å². The second-order valence-electron chi connectivity index (χ2n) is 3.89. The maximum atomic E-state index is 11.7. The average Bonchev–Trinajstić information content (AvgIpc) is 2.88. The number of rotatable bonds is 4. The standard InChI is InChI=1S/C12H15N3O2S/c1-4-17-12(16)11-14-13-9(3)15(11)7-10-6-5-8(2)18-10/h5-6H,4,7H2,1-3H3. The number of aryl methyl sites for hydroxylation is 2. The number of esters is 1. The molecule has 0 radical (unpaired) electrons. The van der Waals surface area contributed by atoms with Crippen molar-refractivity contribution in [3.8, 4) is 0 Å². The molecule has 2 aromatic heterocycles. The summed E-state index contributed by atoms with van der Waals surface area (Å²) < 4.78 is 6.75. The summed E-state index contributed by atoms with van der Waals surface area (Å²) in [7, 11) is 0. The Morgan fingerprint density at radius 2 is 2.17 bits per heavy atom. The molecule has 6 heteroatoms. The highest BCUT2D eigenvalue weighted by atomic mass is 32.1. The van der Waals surface area contributed by atoms with Crippen LogP contribution in [0.4, 0.5) is 0 Å². The maximum absolute atomic E-state index is 11.7. The minimum atomic E-state index is -0.425. The zero-order chi connectivity index (χ0) is 13.1. The second kappa shape index (κ2) is 5.30. The summed E-state index contributed by atoms with van der Waals surface area (Å²) in [4.78, 5) is 14.1. The van der Waals surface area contributed by atoms with Crippen LogP contribution >= 0.6 is 11.3 Å². The van der Waals surface area contributed by atoms with Gasteiger partial charge in [0.05, 0.1) is 13.2 Å². The van der Waals surface area contributed by atoms with Crippen LogP contribution in [0.2, 0.25) is 0 Å². The molecule has 2 heterocycles. The summed E-state index contributed by atoms with van der Waals surface area (Å²) in [5.74, 6) is 0.552. The lowest BCUT2D eigenvalue weighted by molar-refractivity contribution is 0.0506. The van der Waals surface area contributed by atoms with E-state index in [2.05, 4.69) is 23.2 Å². The van der Waals surface area contributed by atoms with E-state index in [0.29, 0.717) is 19.0 Å². The van der Waals surface area contributed by atoms with E-state index in [0.717, 1.165) is 0 Å². The first-order valence-electron chi connectivity index (χ1n) is 5.74. The quantitative estimate of drug-likeness (QED) is 0.795. The van der Waals surface area contributed by atoms with Crippen LogP contribution in [0, 0.1) is 13.8 Å². The molecule has 0 atom stereocenters. The number of ether oxygens (including phenoxy) is 1. The molecule has 0 N–H and O–H groups in total. The summed E-state index contributed by atoms with van der Waals surface area (Å²) in [6.07, 6.45) is 0. The van der Waals surface area contributed by atoms with Crippen molar-refractivity contribution in [3.63, 3.8) is 0 Å². The van der Waals surface area contributed by atoms with Gasteiger partial charge in [0.1, 0.15) is 5.82 Å². The number of carbonyl (C=O) groups excluding carboxylic acids is 1. The minimum Gasteiger partial charge on any atom is -0.460 e. The number of hydrogen-bond donors (Lipinski definition) is 0. The van der Waals surface area contributed by atoms with Crippen LogP contribution in [0.15, 0.2) is 12.1 Å². The van der Waals surface area contributed by atoms with Crippen molar-refractivity contribution < 1.29 is 9.53 Å². The lowest BCUT2D eigenvalue weighted by atomic mass is 10.4. The Balaban J connectivity index is 2.26. The summed E-state index contributed by atoms with van der Waals surface area (Å²) in [5.41, 5.74) is 0. The molecule has 0 aliphatic carbocycles. The Labute approximate surface area is 109 Å². The smallest absolute Gasteiger partial charge is 0.376 e. The summed E-state index contributed by atoms with van der Waals surface area (Å²) in [6.45, 7) is 6.60. The highest BCUT2D eigenvalue weighted by Crippen LogP contribution is 2.17. The van der Waals surface area contributed by atoms with E-state index in [9.17, 15) is 4.79 Å². The predicted molar refractivity (Wildman–Crippen MR) is 68.9 cm³/mol. The van der Waals surface area contributed by atoms with E-state index in [1.165, 1.54) is 9.75 Å². The molecule has 0 aliphatic rings. The SMILES string of the molecule is CCOC(=O)c1nnc(C)n1Cc1ccc(C)s1. The van der Waals surface area contributed by atoms with Gasteiger partial charge in [-0.2, -0.15) is 0 Å². The molecule has 0 bridgehead atoms. The van der Waals surface area contributed by atoms with Crippen molar-refractivity contribution >= 4 is 17.3 Å². The Morgan fingerprint density at radius 1 is 1.39 bits per heavy atom. The first kappa shape index (κ1) is 12.8. The molecule has 5 nitrogen and oxygen atoms in total. The lowest BCUT2D eigenvalue weighted by Crippen LogP contribution is -2.14. The number of nitrogens with zero attached hydrogens (tertiary/aromatic N) is 3. The third kappa shape index (κ3) is 2.59. The van der Waals surface area contributed by atoms with Crippen LogP contribution in [0.3, 0.4) is 0 Å². The van der Waals surface area contributed by atoms with Gasteiger partial charge in [-0.1, -0.05) is 0 Å². The third-order valence-electron chi connectivity index (χ3n) is 2.50. The minimum absolute atomic E-state index is 0.264. The van der Waals surface area contributed by atoms with Crippen LogP contribution in [0.5, 0.6) is 0 Å². The molecule has 0 aromatic carbocycles. The van der Waals surface area contributed by atoms with Gasteiger partial charge >= 0.3 is 5.97 Å². The van der Waals surface area contributed by atoms with Crippen LogP contribution in [0.25, 0.3) is 0 Å². The van der Waals surface area contributed by atoms with Crippen LogP contribution in [-0.2, 0) is 11.3 Å². The molecule has 2 aromatic rings. The Morgan fingerprint density at radius 3 is 2.78 bits per heavy atom. The molecule has 0 aliphatic heterocycles. The largest absolute Gasteiger partial charge is 0.460 e. The van der Waals surface area contributed by atoms with Gasteiger partial charge in [0.15, 0.2) is 0 Å². The predicted octanol–water partition coefficient (Wildman–Crippen LogP) is 2.18. The first-order valence-corrected chi connectivity index (χ1v) is 6.55. The summed E-state index contributed by atoms with van der Waals surface area (Å²) in [5, 5.41) is 7.82. The molecule has 0 saturated carbocycles. The highest BCUT2D eigenvalue weighted by Gasteiger charge is 2.18. The maximum Gasteiger partial charge on any atom is 0.376 e. The lowest BCUT2D eigenvalue weighted by Gasteiger charge is -2.06. The normalized spacial score (nSPS) is 10.6. The average molecular weight is 265 g/mol. The molecule has 0 spiro atoms. The van der Waals surface area contributed by atoms with Crippen molar-refractivity contribution in [2.24, 2.45) is 0 Å². The molecule has 0 unspecified atom stereocenters. The van der Waals surface area contributed by atoms with Crippen molar-refractivity contribution in [1.29, 1.82) is 0 Å². The highest BCUT2D eigenvalue weighted by molar-refractivity contribution is 7.11. The molecular weight excluding hydrogens is 250 g/mol. The van der Waals surface area contributed by atoms with Crippen LogP contribution in [0.1, 0.15) is 33.1 Å². The number of aromatic nitrogens is 3. The van der Waals surface area contributed by atoms with E-state index in [1.54, 1.807) is 22.8 Å². The molecule has 0 fully saturated rings. The fourth-order valence-corrected chi connectivity index (χ4v) is 2.52. The summed E-state index contributed by atoms with van der Waals surface area (Å²) in [6, 6.07) is 4.11. The van der Waals surface area contributed by atoms with Crippen molar-refractivity contribution in [2.45, 2.75) is 27.3 Å². The monoisotopic (exact) mass is 265 g/mol. The van der Waals surface area contributed by atoms with E-state index < -0.39 is 5.97 Å². The van der Waals surface area contributed by atoms with Crippen LogP contribution in [-0.4, -0.2) is 27.3 Å². The molecule has 96 valence electrons. The van der Waals surface area contributed by atoms with E-state index in [4.69, 9.17) is 4.74 Å². The second-order valence-corrected chi connectivity index (χ2v) is 5.26. The number of carbonyl (C=O) groups is 1. The van der Waals surface area contributed by atoms with E-state index in [1.807, 2.05) is 13.0 Å². The molecule has 0 saturated heterocycles. The molecule has 2 rings (SSSR count). The Hall–Kier alpha value is -1.69. The fraction of sp³-hybridized carbons (Fsp3) is 0.417. The van der Waals surface area contributed by atoms with Gasteiger partial charge in [-0.25, -0.2) is 4.79 Å². The van der Waals surface area contributed by atoms with Gasteiger partial charge in [0.2, 0.25) is 5.82 Å². The van der Waals surface area contributed by atoms with Crippen molar-refractivity contribution in [1.82, 2.24) is 14.8 Å². The molecule has 18 heavy (non-hydrogen) atoms. The fourth-order valence-electron chi connectivity index (χ4n) is 1.64. The van der Waals surface area contributed by atoms with Gasteiger partial charge in [0, 0.05) is 9.75 Å². The van der Waals surface area contributed by atoms with Gasteiger partial charge in [0.25, 0.3) is 0 Å². The third-order valence-corrected chi connectivity index (χ3v) is 3.49. The van der Waals surface area contributed by atoms with E-state index >= 15 is 0 Å². The zero-order valence-electron chi connectivity index (χ0n) is 10.6. The molecular formula is C12H15N3O2S. The topological polar surface area (TPSA) is 57.0 Å². The first-order chi connectivity index (χ1) is 8.61. The number of hydrogen-bond acceptors (Lipinski definition) is 5. The summed E-state index contributed by atoms with van der Waals surface area (Å²) >= 11 is 1.70. The Kier molecular flexibility index (Phi) is 3.76. The zero-order valence-corrected chi connectivity index (χ0v) is 11.5. The van der Waals surface area contributed by atoms with Crippen LogP contribution < -0.4 is 0 Å². The van der Waals surface area contributed by atoms with Gasteiger partial charge in [-0.05, 0) is 32.9 Å². The van der Waals surface area contributed by atoms with E-state index in [-0.39, 0.29) is 5.82 Å². The van der Waals surface area contributed by atoms with Gasteiger partial charge < -0.3 is 9.30 Å². The molecule has 0 amide bonds. The van der Waals surface area contributed by atoms with Crippen molar-refractivity contribution in [2.75, 3.05) is 6.61 Å².